The maximum Gasteiger partial charge on any atom is 0.254 e. The van der Waals surface area contributed by atoms with Gasteiger partial charge in [0.2, 0.25) is 0 Å². The molecule has 0 aliphatic rings. The summed E-state index contributed by atoms with van der Waals surface area (Å²) in [6.07, 6.45) is 0. The van der Waals surface area contributed by atoms with Gasteiger partial charge in [-0.25, -0.2) is 8.78 Å². The topological polar surface area (TPSA) is 55.1 Å². The molecule has 3 nitrogen and oxygen atoms in total. The Kier molecular flexibility index (Phi) is 4.21. The summed E-state index contributed by atoms with van der Waals surface area (Å²) in [5.41, 5.74) is 6.97. The number of nitrogen functional groups attached to an aromatic ring is 1. The van der Waals surface area contributed by atoms with E-state index >= 15 is 0 Å². The maximum absolute atomic E-state index is 13.7. The summed E-state index contributed by atoms with van der Waals surface area (Å²) in [5.74, 6) is -1.85. The molecule has 21 heavy (non-hydrogen) atoms. The second kappa shape index (κ2) is 5.91. The van der Waals surface area contributed by atoms with Gasteiger partial charge in [-0.2, -0.15) is 0 Å². The van der Waals surface area contributed by atoms with Crippen molar-refractivity contribution in [3.63, 3.8) is 0 Å². The number of carbonyl (C=O) groups is 1. The highest BCUT2D eigenvalue weighted by Crippen LogP contribution is 2.22. The summed E-state index contributed by atoms with van der Waals surface area (Å²) in [7, 11) is 0. The summed E-state index contributed by atoms with van der Waals surface area (Å²) in [6, 6.07) is 7.88. The second-order valence-corrected chi connectivity index (χ2v) is 4.87. The van der Waals surface area contributed by atoms with E-state index in [1.54, 1.807) is 25.1 Å². The SMILES string of the molecule is Cc1cccc(N)c1C(=O)NC(C)c1c(F)cccc1F. The Morgan fingerprint density at radius 1 is 1.14 bits per heavy atom. The standard InChI is InChI=1S/C16H16F2N2O/c1-9-5-3-8-13(19)14(9)16(21)20-10(2)15-11(17)6-4-7-12(15)18/h3-8,10H,19H2,1-2H3,(H,20,21). The van der Waals surface area contributed by atoms with Gasteiger partial charge in [0.05, 0.1) is 11.6 Å². The molecule has 5 heteroatoms. The van der Waals surface area contributed by atoms with E-state index in [1.165, 1.54) is 13.0 Å². The van der Waals surface area contributed by atoms with Crippen LogP contribution >= 0.6 is 0 Å². The van der Waals surface area contributed by atoms with Crippen LogP contribution in [0.25, 0.3) is 0 Å². The Morgan fingerprint density at radius 3 is 2.29 bits per heavy atom. The normalized spacial score (nSPS) is 12.0. The Bertz CT molecular complexity index is 645. The number of aryl methyl sites for hydroxylation is 1. The summed E-state index contributed by atoms with van der Waals surface area (Å²) >= 11 is 0. The van der Waals surface area contributed by atoms with Crippen molar-refractivity contribution >= 4 is 11.6 Å². The molecule has 0 aliphatic heterocycles. The van der Waals surface area contributed by atoms with E-state index in [4.69, 9.17) is 5.73 Å². The predicted molar refractivity (Wildman–Crippen MR) is 77.8 cm³/mol. The average Bonchev–Trinajstić information content (AvgIpc) is 2.38. The number of hydrogen-bond donors (Lipinski definition) is 2. The molecular weight excluding hydrogens is 274 g/mol. The van der Waals surface area contributed by atoms with Crippen LogP contribution in [0.5, 0.6) is 0 Å². The summed E-state index contributed by atoms with van der Waals surface area (Å²) in [4.78, 5) is 12.3. The molecule has 3 N–H and O–H groups in total. The average molecular weight is 290 g/mol. The van der Waals surface area contributed by atoms with Gasteiger partial charge in [-0.1, -0.05) is 18.2 Å². The summed E-state index contributed by atoms with van der Waals surface area (Å²) in [6.45, 7) is 3.27. The quantitative estimate of drug-likeness (QED) is 0.852. The fraction of sp³-hybridized carbons (Fsp3) is 0.188. The molecule has 0 saturated carbocycles. The van der Waals surface area contributed by atoms with Crippen molar-refractivity contribution < 1.29 is 13.6 Å². The minimum absolute atomic E-state index is 0.169. The maximum atomic E-state index is 13.7. The Morgan fingerprint density at radius 2 is 1.71 bits per heavy atom. The van der Waals surface area contributed by atoms with Gasteiger partial charge in [-0.3, -0.25) is 4.79 Å². The number of nitrogens with two attached hydrogens (primary N) is 1. The van der Waals surface area contributed by atoms with E-state index in [-0.39, 0.29) is 5.56 Å². The Labute approximate surface area is 121 Å². The Hall–Kier alpha value is -2.43. The molecule has 0 aromatic heterocycles. The molecule has 1 unspecified atom stereocenters. The van der Waals surface area contributed by atoms with Crippen LogP contribution < -0.4 is 11.1 Å². The molecule has 0 spiro atoms. The monoisotopic (exact) mass is 290 g/mol. The summed E-state index contributed by atoms with van der Waals surface area (Å²) < 4.78 is 27.4. The van der Waals surface area contributed by atoms with Crippen molar-refractivity contribution in [3.8, 4) is 0 Å². The lowest BCUT2D eigenvalue weighted by molar-refractivity contribution is 0.0939. The van der Waals surface area contributed by atoms with E-state index in [2.05, 4.69) is 5.32 Å². The lowest BCUT2D eigenvalue weighted by Crippen LogP contribution is -2.29. The van der Waals surface area contributed by atoms with Gasteiger partial charge in [-0.05, 0) is 37.6 Å². The zero-order valence-corrected chi connectivity index (χ0v) is 11.8. The highest BCUT2D eigenvalue weighted by molar-refractivity contribution is 6.00. The van der Waals surface area contributed by atoms with Gasteiger partial charge in [0.1, 0.15) is 11.6 Å². The van der Waals surface area contributed by atoms with Gasteiger partial charge in [-0.15, -0.1) is 0 Å². The van der Waals surface area contributed by atoms with Crippen LogP contribution in [0.3, 0.4) is 0 Å². The lowest BCUT2D eigenvalue weighted by Gasteiger charge is -2.17. The van der Waals surface area contributed by atoms with Crippen LogP contribution in [-0.4, -0.2) is 5.91 Å². The Balaban J connectivity index is 2.28. The molecule has 1 atom stereocenters. The first-order valence-electron chi connectivity index (χ1n) is 6.51. The fourth-order valence-electron chi connectivity index (χ4n) is 2.27. The first-order chi connectivity index (χ1) is 9.91. The van der Waals surface area contributed by atoms with Crippen LogP contribution in [0.2, 0.25) is 0 Å². The minimum atomic E-state index is -0.808. The second-order valence-electron chi connectivity index (χ2n) is 4.87. The number of hydrogen-bond acceptors (Lipinski definition) is 2. The zero-order chi connectivity index (χ0) is 15.6. The predicted octanol–water partition coefficient (Wildman–Crippen LogP) is 3.35. The molecule has 0 aliphatic carbocycles. The highest BCUT2D eigenvalue weighted by Gasteiger charge is 2.20. The molecular formula is C16H16F2N2O. The number of benzene rings is 2. The molecule has 0 bridgehead atoms. The number of halogens is 2. The van der Waals surface area contributed by atoms with Gasteiger partial charge in [0.25, 0.3) is 5.91 Å². The van der Waals surface area contributed by atoms with Crippen molar-refractivity contribution in [2.45, 2.75) is 19.9 Å². The van der Waals surface area contributed by atoms with Gasteiger partial charge in [0, 0.05) is 11.3 Å². The number of rotatable bonds is 3. The van der Waals surface area contributed by atoms with Crippen LogP contribution in [-0.2, 0) is 0 Å². The molecule has 2 aromatic rings. The molecule has 2 aromatic carbocycles. The number of carbonyl (C=O) groups excluding carboxylic acids is 1. The van der Waals surface area contributed by atoms with Crippen molar-refractivity contribution in [1.82, 2.24) is 5.32 Å². The number of nitrogens with one attached hydrogen (secondary N) is 1. The van der Waals surface area contributed by atoms with Crippen molar-refractivity contribution in [2.75, 3.05) is 5.73 Å². The number of amides is 1. The third-order valence-electron chi connectivity index (χ3n) is 3.31. The lowest BCUT2D eigenvalue weighted by atomic mass is 10.0. The van der Waals surface area contributed by atoms with E-state index < -0.39 is 23.6 Å². The van der Waals surface area contributed by atoms with E-state index in [0.717, 1.165) is 12.1 Å². The molecule has 110 valence electrons. The third-order valence-corrected chi connectivity index (χ3v) is 3.31. The minimum Gasteiger partial charge on any atom is -0.398 e. The van der Waals surface area contributed by atoms with E-state index in [0.29, 0.717) is 16.8 Å². The molecule has 2 rings (SSSR count). The van der Waals surface area contributed by atoms with Gasteiger partial charge < -0.3 is 11.1 Å². The molecule has 0 radical (unpaired) electrons. The smallest absolute Gasteiger partial charge is 0.254 e. The largest absolute Gasteiger partial charge is 0.398 e. The van der Waals surface area contributed by atoms with Crippen molar-refractivity contribution in [2.24, 2.45) is 0 Å². The van der Waals surface area contributed by atoms with Gasteiger partial charge in [0.15, 0.2) is 0 Å². The van der Waals surface area contributed by atoms with Crippen LogP contribution in [0.1, 0.15) is 34.5 Å². The molecule has 0 saturated heterocycles. The first-order valence-corrected chi connectivity index (χ1v) is 6.51. The molecule has 0 heterocycles. The van der Waals surface area contributed by atoms with Crippen molar-refractivity contribution in [1.29, 1.82) is 0 Å². The first kappa shape index (κ1) is 15.0. The van der Waals surface area contributed by atoms with Crippen LogP contribution in [0.15, 0.2) is 36.4 Å². The third kappa shape index (κ3) is 3.02. The van der Waals surface area contributed by atoms with E-state index in [1.807, 2.05) is 0 Å². The van der Waals surface area contributed by atoms with Crippen molar-refractivity contribution in [3.05, 3.63) is 64.7 Å². The van der Waals surface area contributed by atoms with Crippen LogP contribution in [0.4, 0.5) is 14.5 Å². The highest BCUT2D eigenvalue weighted by atomic mass is 19.1. The summed E-state index contributed by atoms with van der Waals surface area (Å²) in [5, 5.41) is 2.58. The van der Waals surface area contributed by atoms with E-state index in [9.17, 15) is 13.6 Å². The molecule has 1 amide bonds. The fourth-order valence-corrected chi connectivity index (χ4v) is 2.27. The number of anilines is 1. The van der Waals surface area contributed by atoms with Crippen LogP contribution in [0, 0.1) is 18.6 Å². The molecule has 0 fully saturated rings. The zero-order valence-electron chi connectivity index (χ0n) is 11.8. The van der Waals surface area contributed by atoms with Gasteiger partial charge >= 0.3 is 0 Å².